The van der Waals surface area contributed by atoms with E-state index in [9.17, 15) is 19.2 Å². The number of hydrogen-bond donors (Lipinski definition) is 1. The highest BCUT2D eigenvalue weighted by molar-refractivity contribution is 5.86. The molecule has 0 aromatic heterocycles. The molecule has 2 N–H and O–H groups in total. The molecule has 0 unspecified atom stereocenters. The van der Waals surface area contributed by atoms with Gasteiger partial charge in [0.05, 0.1) is 12.5 Å². The standard InChI is InChI=1S/C16H26N4O4/c1-12(21)18-7-8-20(10-13(9-18)16(17)24)15(23)11-19-6-4-2-3-5-14(19)22/h13H,2-11H2,1H3,(H2,17,24)/t13-/m1/s1. The van der Waals surface area contributed by atoms with Gasteiger partial charge >= 0.3 is 0 Å². The van der Waals surface area contributed by atoms with Crippen LogP contribution in [0.1, 0.15) is 32.6 Å². The van der Waals surface area contributed by atoms with Crippen molar-refractivity contribution in [3.8, 4) is 0 Å². The minimum atomic E-state index is -0.583. The van der Waals surface area contributed by atoms with Gasteiger partial charge in [0.2, 0.25) is 23.6 Å². The molecule has 0 spiro atoms. The lowest BCUT2D eigenvalue weighted by Crippen LogP contribution is -2.46. The van der Waals surface area contributed by atoms with E-state index in [2.05, 4.69) is 0 Å². The highest BCUT2D eigenvalue weighted by Gasteiger charge is 2.31. The minimum absolute atomic E-state index is 0.00693. The summed E-state index contributed by atoms with van der Waals surface area (Å²) in [6.07, 6.45) is 3.25. The predicted molar refractivity (Wildman–Crippen MR) is 86.6 cm³/mol. The van der Waals surface area contributed by atoms with E-state index in [1.54, 1.807) is 14.7 Å². The van der Waals surface area contributed by atoms with Crippen LogP contribution in [0.3, 0.4) is 0 Å². The summed E-state index contributed by atoms with van der Waals surface area (Å²) in [6.45, 7) is 3.22. The first-order valence-electron chi connectivity index (χ1n) is 8.49. The van der Waals surface area contributed by atoms with Crippen LogP contribution in [-0.4, -0.2) is 77.6 Å². The molecule has 0 aromatic carbocycles. The zero-order chi connectivity index (χ0) is 17.7. The van der Waals surface area contributed by atoms with Crippen molar-refractivity contribution in [2.75, 3.05) is 39.3 Å². The SMILES string of the molecule is CC(=O)N1CCN(C(=O)CN2CCCCCC2=O)C[C@H](C(N)=O)C1. The van der Waals surface area contributed by atoms with Crippen molar-refractivity contribution >= 4 is 23.6 Å². The van der Waals surface area contributed by atoms with Gasteiger partial charge in [-0.1, -0.05) is 6.42 Å². The van der Waals surface area contributed by atoms with Crippen LogP contribution in [0.25, 0.3) is 0 Å². The van der Waals surface area contributed by atoms with Gasteiger partial charge in [-0.3, -0.25) is 19.2 Å². The first-order chi connectivity index (χ1) is 11.4. The average molecular weight is 338 g/mol. The number of carbonyl (C=O) groups is 4. The highest BCUT2D eigenvalue weighted by atomic mass is 16.2. The van der Waals surface area contributed by atoms with Crippen molar-refractivity contribution in [2.45, 2.75) is 32.6 Å². The molecule has 1 atom stereocenters. The largest absolute Gasteiger partial charge is 0.369 e. The number of likely N-dealkylation sites (tertiary alicyclic amines) is 1. The third-order valence-corrected chi connectivity index (χ3v) is 4.72. The smallest absolute Gasteiger partial charge is 0.242 e. The van der Waals surface area contributed by atoms with Gasteiger partial charge in [-0.2, -0.15) is 0 Å². The molecule has 4 amide bonds. The lowest BCUT2D eigenvalue weighted by molar-refractivity contribution is -0.140. The van der Waals surface area contributed by atoms with Crippen molar-refractivity contribution in [3.63, 3.8) is 0 Å². The van der Waals surface area contributed by atoms with E-state index in [0.29, 0.717) is 26.1 Å². The molecule has 134 valence electrons. The molecule has 2 rings (SSSR count). The number of carbonyl (C=O) groups excluding carboxylic acids is 4. The second-order valence-electron chi connectivity index (χ2n) is 6.53. The molecular weight excluding hydrogens is 312 g/mol. The second-order valence-corrected chi connectivity index (χ2v) is 6.53. The summed E-state index contributed by atoms with van der Waals surface area (Å²) in [5.41, 5.74) is 5.41. The van der Waals surface area contributed by atoms with E-state index >= 15 is 0 Å². The van der Waals surface area contributed by atoms with Crippen molar-refractivity contribution < 1.29 is 19.2 Å². The molecule has 2 heterocycles. The van der Waals surface area contributed by atoms with Gasteiger partial charge in [0.15, 0.2) is 0 Å². The molecule has 0 radical (unpaired) electrons. The summed E-state index contributed by atoms with van der Waals surface area (Å²) in [5, 5.41) is 0. The predicted octanol–water partition coefficient (Wildman–Crippen LogP) is -0.819. The Morgan fingerprint density at radius 3 is 2.38 bits per heavy atom. The highest BCUT2D eigenvalue weighted by Crippen LogP contribution is 2.14. The number of nitrogens with zero attached hydrogens (tertiary/aromatic N) is 3. The third kappa shape index (κ3) is 4.69. The van der Waals surface area contributed by atoms with Gasteiger partial charge in [0, 0.05) is 46.1 Å². The molecule has 24 heavy (non-hydrogen) atoms. The number of hydrogen-bond acceptors (Lipinski definition) is 4. The summed E-state index contributed by atoms with van der Waals surface area (Å²) in [7, 11) is 0. The Hall–Kier alpha value is -2.12. The fourth-order valence-corrected chi connectivity index (χ4v) is 3.18. The first kappa shape index (κ1) is 18.2. The molecule has 2 aliphatic heterocycles. The van der Waals surface area contributed by atoms with Gasteiger partial charge in [-0.05, 0) is 12.8 Å². The van der Waals surface area contributed by atoms with Gasteiger partial charge in [0.1, 0.15) is 0 Å². The zero-order valence-corrected chi connectivity index (χ0v) is 14.2. The maximum Gasteiger partial charge on any atom is 0.242 e. The molecule has 8 heteroatoms. The van der Waals surface area contributed by atoms with Crippen LogP contribution in [0.15, 0.2) is 0 Å². The van der Waals surface area contributed by atoms with Crippen LogP contribution < -0.4 is 5.73 Å². The van der Waals surface area contributed by atoms with Gasteiger partial charge < -0.3 is 20.4 Å². The monoisotopic (exact) mass is 338 g/mol. The molecule has 2 aliphatic rings. The summed E-state index contributed by atoms with van der Waals surface area (Å²) in [5.74, 6) is -1.43. The Morgan fingerprint density at radius 2 is 1.71 bits per heavy atom. The number of amides is 4. The molecule has 2 saturated heterocycles. The Bertz CT molecular complexity index is 522. The Kier molecular flexibility index (Phi) is 6.16. The topological polar surface area (TPSA) is 104 Å². The number of nitrogens with two attached hydrogens (primary N) is 1. The molecule has 0 aliphatic carbocycles. The Morgan fingerprint density at radius 1 is 1.04 bits per heavy atom. The fourth-order valence-electron chi connectivity index (χ4n) is 3.18. The van der Waals surface area contributed by atoms with Crippen molar-refractivity contribution in [3.05, 3.63) is 0 Å². The Balaban J connectivity index is 2.03. The normalized spacial score (nSPS) is 22.8. The molecule has 0 saturated carbocycles. The minimum Gasteiger partial charge on any atom is -0.369 e. The summed E-state index contributed by atoms with van der Waals surface area (Å²) >= 11 is 0. The van der Waals surface area contributed by atoms with E-state index in [4.69, 9.17) is 5.73 Å². The van der Waals surface area contributed by atoms with E-state index in [1.165, 1.54) is 6.92 Å². The van der Waals surface area contributed by atoms with E-state index < -0.39 is 11.8 Å². The Labute approximate surface area is 141 Å². The van der Waals surface area contributed by atoms with Gasteiger partial charge in [-0.15, -0.1) is 0 Å². The van der Waals surface area contributed by atoms with Crippen LogP contribution in [0.5, 0.6) is 0 Å². The molecule has 0 aromatic rings. The molecule has 0 bridgehead atoms. The van der Waals surface area contributed by atoms with Gasteiger partial charge in [-0.25, -0.2) is 0 Å². The number of primary amides is 1. The van der Waals surface area contributed by atoms with Crippen molar-refractivity contribution in [2.24, 2.45) is 11.7 Å². The van der Waals surface area contributed by atoms with E-state index in [1.807, 2.05) is 0 Å². The second kappa shape index (κ2) is 8.12. The zero-order valence-electron chi connectivity index (χ0n) is 14.2. The quantitative estimate of drug-likeness (QED) is 0.726. The lowest BCUT2D eigenvalue weighted by Gasteiger charge is -2.26. The first-order valence-corrected chi connectivity index (χ1v) is 8.49. The van der Waals surface area contributed by atoms with E-state index in [-0.39, 0.29) is 37.4 Å². The molecule has 2 fully saturated rings. The van der Waals surface area contributed by atoms with Crippen molar-refractivity contribution in [1.29, 1.82) is 0 Å². The van der Waals surface area contributed by atoms with Crippen LogP contribution in [0.2, 0.25) is 0 Å². The fraction of sp³-hybridized carbons (Fsp3) is 0.750. The molecule has 8 nitrogen and oxygen atoms in total. The lowest BCUT2D eigenvalue weighted by atomic mass is 10.1. The third-order valence-electron chi connectivity index (χ3n) is 4.72. The van der Waals surface area contributed by atoms with Crippen LogP contribution >= 0.6 is 0 Å². The maximum atomic E-state index is 12.6. The molecular formula is C16H26N4O4. The van der Waals surface area contributed by atoms with Crippen LogP contribution in [0, 0.1) is 5.92 Å². The van der Waals surface area contributed by atoms with Gasteiger partial charge in [0.25, 0.3) is 0 Å². The maximum absolute atomic E-state index is 12.6. The van der Waals surface area contributed by atoms with Crippen molar-refractivity contribution in [1.82, 2.24) is 14.7 Å². The summed E-state index contributed by atoms with van der Waals surface area (Å²) in [6, 6.07) is 0. The van der Waals surface area contributed by atoms with Crippen LogP contribution in [-0.2, 0) is 19.2 Å². The number of rotatable bonds is 3. The summed E-state index contributed by atoms with van der Waals surface area (Å²) in [4.78, 5) is 52.6. The van der Waals surface area contributed by atoms with E-state index in [0.717, 1.165) is 19.3 Å². The summed E-state index contributed by atoms with van der Waals surface area (Å²) < 4.78 is 0. The van der Waals surface area contributed by atoms with Crippen LogP contribution in [0.4, 0.5) is 0 Å². The average Bonchev–Trinajstić information content (AvgIpc) is 2.86.